The molecule has 3 N–H and O–H groups in total. The molecule has 0 bridgehead atoms. The zero-order valence-electron chi connectivity index (χ0n) is 21.4. The molecule has 1 aliphatic carbocycles. The molecule has 204 valence electrons. The standard InChI is InChI=1S/C26H33FN6O5/c1-37-22-8-18(19(27)11-28-22)20-9-21(31-30-20)24(35)33-7-2-16(10-25(33)4-5-25)23(34)29-17-3-6-32(12-17)13-26(36)14-38-15-26/h8-9,11,16-17,36H,2-7,10,12-15H2,1H3,(H,29,34)(H,30,31)/t16?,17-/m0/s1. The molecule has 12 heteroatoms. The molecular formula is C26H33FN6O5. The summed E-state index contributed by atoms with van der Waals surface area (Å²) in [4.78, 5) is 34.5. The van der Waals surface area contributed by atoms with Crippen LogP contribution < -0.4 is 10.1 Å². The fourth-order valence-electron chi connectivity index (χ4n) is 6.05. The molecule has 1 spiro atoms. The fraction of sp³-hybridized carbons (Fsp3) is 0.615. The first kappa shape index (κ1) is 25.2. The number of pyridine rings is 1. The molecular weight excluding hydrogens is 495 g/mol. The molecule has 0 radical (unpaired) electrons. The Kier molecular flexibility index (Phi) is 6.36. The topological polar surface area (TPSA) is 133 Å². The van der Waals surface area contributed by atoms with Crippen molar-refractivity contribution in [2.24, 2.45) is 5.92 Å². The third-order valence-electron chi connectivity index (χ3n) is 8.34. The summed E-state index contributed by atoms with van der Waals surface area (Å²) in [5, 5.41) is 20.5. The summed E-state index contributed by atoms with van der Waals surface area (Å²) in [6.45, 7) is 3.35. The minimum absolute atomic E-state index is 0.0480. The van der Waals surface area contributed by atoms with E-state index in [0.717, 1.165) is 38.5 Å². The Balaban J connectivity index is 1.06. The van der Waals surface area contributed by atoms with Crippen LogP contribution in [0, 0.1) is 11.7 Å². The van der Waals surface area contributed by atoms with Gasteiger partial charge in [0.05, 0.1) is 32.2 Å². The highest BCUT2D eigenvalue weighted by Crippen LogP contribution is 2.50. The van der Waals surface area contributed by atoms with Crippen LogP contribution in [0.5, 0.6) is 5.88 Å². The highest BCUT2D eigenvalue weighted by molar-refractivity contribution is 5.94. The number of hydrogen-bond donors (Lipinski definition) is 3. The lowest BCUT2D eigenvalue weighted by Gasteiger charge is -2.40. The summed E-state index contributed by atoms with van der Waals surface area (Å²) >= 11 is 0. The highest BCUT2D eigenvalue weighted by atomic mass is 19.1. The fourth-order valence-corrected chi connectivity index (χ4v) is 6.05. The molecule has 1 saturated carbocycles. The summed E-state index contributed by atoms with van der Waals surface area (Å²) in [6, 6.07) is 3.06. The number of rotatable bonds is 7. The number of aromatic amines is 1. The number of halogens is 1. The van der Waals surface area contributed by atoms with Crippen LogP contribution in [0.15, 0.2) is 18.3 Å². The second-order valence-electron chi connectivity index (χ2n) is 11.2. The maximum absolute atomic E-state index is 14.3. The first-order valence-corrected chi connectivity index (χ1v) is 13.2. The van der Waals surface area contributed by atoms with E-state index in [1.807, 2.05) is 4.90 Å². The van der Waals surface area contributed by atoms with Crippen molar-refractivity contribution in [1.82, 2.24) is 30.3 Å². The number of methoxy groups -OCH3 is 1. The number of carbonyl (C=O) groups is 2. The van der Waals surface area contributed by atoms with E-state index in [-0.39, 0.29) is 46.5 Å². The Morgan fingerprint density at radius 2 is 2.11 bits per heavy atom. The van der Waals surface area contributed by atoms with Gasteiger partial charge in [-0.05, 0) is 38.2 Å². The van der Waals surface area contributed by atoms with Crippen molar-refractivity contribution in [3.05, 3.63) is 29.8 Å². The number of nitrogens with zero attached hydrogens (tertiary/aromatic N) is 4. The zero-order chi connectivity index (χ0) is 26.5. The molecule has 38 heavy (non-hydrogen) atoms. The number of aliphatic hydroxyl groups is 1. The number of piperidine rings is 1. The summed E-state index contributed by atoms with van der Waals surface area (Å²) < 4.78 is 24.6. The molecule has 1 unspecified atom stereocenters. The molecule has 0 aromatic carbocycles. The van der Waals surface area contributed by atoms with Crippen LogP contribution in [-0.4, -0.2) is 106 Å². The Labute approximate surface area is 219 Å². The lowest BCUT2D eigenvalue weighted by atomic mass is 9.87. The minimum atomic E-state index is -0.759. The average Bonchev–Trinajstić information content (AvgIpc) is 3.27. The minimum Gasteiger partial charge on any atom is -0.481 e. The van der Waals surface area contributed by atoms with Gasteiger partial charge >= 0.3 is 0 Å². The van der Waals surface area contributed by atoms with Gasteiger partial charge in [-0.3, -0.25) is 19.6 Å². The van der Waals surface area contributed by atoms with Crippen molar-refractivity contribution < 1.29 is 28.6 Å². The van der Waals surface area contributed by atoms with Gasteiger partial charge in [0.1, 0.15) is 11.3 Å². The highest BCUT2D eigenvalue weighted by Gasteiger charge is 2.55. The summed E-state index contributed by atoms with van der Waals surface area (Å²) in [5.74, 6) is -0.585. The van der Waals surface area contributed by atoms with E-state index < -0.39 is 11.4 Å². The monoisotopic (exact) mass is 528 g/mol. The molecule has 11 nitrogen and oxygen atoms in total. The number of β-amino-alcohol motifs (C(OH)–C–C–N with tert-alkyl or cyclic N) is 1. The van der Waals surface area contributed by atoms with E-state index in [0.29, 0.717) is 44.8 Å². The Hall–Kier alpha value is -3.09. The van der Waals surface area contributed by atoms with Gasteiger partial charge in [-0.1, -0.05) is 0 Å². The predicted octanol–water partition coefficient (Wildman–Crippen LogP) is 0.956. The van der Waals surface area contributed by atoms with Gasteiger partial charge in [-0.2, -0.15) is 5.10 Å². The number of carbonyl (C=O) groups excluding carboxylic acids is 2. The van der Waals surface area contributed by atoms with Crippen LogP contribution in [0.4, 0.5) is 4.39 Å². The largest absolute Gasteiger partial charge is 0.481 e. The van der Waals surface area contributed by atoms with Gasteiger partial charge in [-0.25, -0.2) is 9.37 Å². The van der Waals surface area contributed by atoms with Crippen molar-refractivity contribution in [2.75, 3.05) is 46.5 Å². The molecule has 3 aliphatic heterocycles. The van der Waals surface area contributed by atoms with Crippen molar-refractivity contribution in [1.29, 1.82) is 0 Å². The number of aromatic nitrogens is 3. The zero-order valence-corrected chi connectivity index (χ0v) is 21.4. The predicted molar refractivity (Wildman–Crippen MR) is 133 cm³/mol. The maximum atomic E-state index is 14.3. The molecule has 2 aromatic heterocycles. The van der Waals surface area contributed by atoms with Gasteiger partial charge in [-0.15, -0.1) is 0 Å². The number of H-pyrrole nitrogens is 1. The Morgan fingerprint density at radius 1 is 1.29 bits per heavy atom. The number of nitrogens with one attached hydrogen (secondary N) is 2. The van der Waals surface area contributed by atoms with Crippen molar-refractivity contribution >= 4 is 11.8 Å². The molecule has 2 amide bonds. The van der Waals surface area contributed by atoms with Crippen LogP contribution >= 0.6 is 0 Å². The number of hydrogen-bond acceptors (Lipinski definition) is 8. The van der Waals surface area contributed by atoms with E-state index in [4.69, 9.17) is 9.47 Å². The second kappa shape index (κ2) is 9.58. The lowest BCUT2D eigenvalue weighted by Crippen LogP contribution is -2.57. The van der Waals surface area contributed by atoms with Crippen LogP contribution in [0.3, 0.4) is 0 Å². The second-order valence-corrected chi connectivity index (χ2v) is 11.2. The van der Waals surface area contributed by atoms with Crippen LogP contribution in [0.1, 0.15) is 42.6 Å². The first-order chi connectivity index (χ1) is 18.3. The van der Waals surface area contributed by atoms with Gasteiger partial charge in [0, 0.05) is 55.3 Å². The normalized spacial score (nSPS) is 25.7. The van der Waals surface area contributed by atoms with Crippen molar-refractivity contribution in [2.45, 2.75) is 49.3 Å². The van der Waals surface area contributed by atoms with E-state index in [1.165, 1.54) is 13.2 Å². The Morgan fingerprint density at radius 3 is 2.82 bits per heavy atom. The molecule has 3 saturated heterocycles. The van der Waals surface area contributed by atoms with Gasteiger partial charge in [0.25, 0.3) is 5.91 Å². The molecule has 6 rings (SSSR count). The molecule has 4 fully saturated rings. The van der Waals surface area contributed by atoms with E-state index in [2.05, 4.69) is 25.4 Å². The molecule has 5 heterocycles. The van der Waals surface area contributed by atoms with E-state index in [9.17, 15) is 19.1 Å². The van der Waals surface area contributed by atoms with Gasteiger partial charge in [0.15, 0.2) is 5.82 Å². The lowest BCUT2D eigenvalue weighted by molar-refractivity contribution is -0.185. The maximum Gasteiger partial charge on any atom is 0.272 e. The molecule has 4 aliphatic rings. The SMILES string of the molecule is COc1cc(-c2cc(C(=O)N3CCC(C(=O)N[C@H]4CCN(CC5(O)COC5)C4)CC34CC4)[nH]n2)c(F)cn1. The van der Waals surface area contributed by atoms with Crippen LogP contribution in [0.2, 0.25) is 0 Å². The number of ether oxygens (including phenoxy) is 2. The Bertz CT molecular complexity index is 1230. The third kappa shape index (κ3) is 4.76. The molecule has 2 atom stereocenters. The van der Waals surface area contributed by atoms with Crippen LogP contribution in [0.25, 0.3) is 11.3 Å². The van der Waals surface area contributed by atoms with E-state index >= 15 is 0 Å². The summed E-state index contributed by atoms with van der Waals surface area (Å²) in [7, 11) is 1.45. The molecule has 2 aromatic rings. The van der Waals surface area contributed by atoms with E-state index in [1.54, 1.807) is 6.07 Å². The third-order valence-corrected chi connectivity index (χ3v) is 8.34. The quantitative estimate of drug-likeness (QED) is 0.484. The number of likely N-dealkylation sites (tertiary alicyclic amines) is 2. The van der Waals surface area contributed by atoms with Crippen molar-refractivity contribution in [3.8, 4) is 17.1 Å². The summed E-state index contributed by atoms with van der Waals surface area (Å²) in [5.41, 5.74) is -0.291. The van der Waals surface area contributed by atoms with Gasteiger partial charge < -0.3 is 24.8 Å². The van der Waals surface area contributed by atoms with Crippen LogP contribution in [-0.2, 0) is 9.53 Å². The average molecular weight is 529 g/mol. The first-order valence-electron chi connectivity index (χ1n) is 13.2. The number of amides is 2. The summed E-state index contributed by atoms with van der Waals surface area (Å²) in [6.07, 6.45) is 4.86. The van der Waals surface area contributed by atoms with Crippen molar-refractivity contribution in [3.63, 3.8) is 0 Å². The smallest absolute Gasteiger partial charge is 0.272 e. The van der Waals surface area contributed by atoms with Gasteiger partial charge in [0.2, 0.25) is 11.8 Å².